The number of carboxylic acids is 1. The first-order chi connectivity index (χ1) is 6.73. The molecule has 0 aromatic heterocycles. The van der Waals surface area contributed by atoms with Gasteiger partial charge in [0.1, 0.15) is 0 Å². The molecule has 0 spiro atoms. The molecule has 1 atom stereocenters. The van der Waals surface area contributed by atoms with Crippen LogP contribution >= 0.6 is 0 Å². The van der Waals surface area contributed by atoms with E-state index in [0.29, 0.717) is 5.92 Å². The van der Waals surface area contributed by atoms with Gasteiger partial charge in [-0.25, -0.2) is 0 Å². The van der Waals surface area contributed by atoms with E-state index >= 15 is 0 Å². The number of hydrogen-bond acceptors (Lipinski definition) is 2. The van der Waals surface area contributed by atoms with Crippen LogP contribution in [0.5, 0.6) is 0 Å². The molecule has 0 radical (unpaired) electrons. The minimum absolute atomic E-state index is 0.200. The second-order valence-corrected chi connectivity index (χ2v) is 5.59. The van der Waals surface area contributed by atoms with Crippen molar-refractivity contribution in [2.75, 3.05) is 20.6 Å². The van der Waals surface area contributed by atoms with E-state index in [2.05, 4.69) is 39.8 Å². The first kappa shape index (κ1) is 14.4. The molecule has 1 unspecified atom stereocenters. The van der Waals surface area contributed by atoms with E-state index in [1.165, 1.54) is 0 Å². The molecule has 90 valence electrons. The topological polar surface area (TPSA) is 40.5 Å². The van der Waals surface area contributed by atoms with Crippen molar-refractivity contribution in [3.63, 3.8) is 0 Å². The van der Waals surface area contributed by atoms with E-state index in [-0.39, 0.29) is 11.8 Å². The Hall–Kier alpha value is -0.570. The molecule has 0 aromatic carbocycles. The highest BCUT2D eigenvalue weighted by atomic mass is 16.4. The van der Waals surface area contributed by atoms with Gasteiger partial charge in [-0.1, -0.05) is 20.8 Å². The van der Waals surface area contributed by atoms with Crippen LogP contribution in [0.3, 0.4) is 0 Å². The third-order valence-electron chi connectivity index (χ3n) is 2.86. The van der Waals surface area contributed by atoms with Gasteiger partial charge in [0.25, 0.3) is 0 Å². The van der Waals surface area contributed by atoms with Crippen molar-refractivity contribution in [3.05, 3.63) is 0 Å². The van der Waals surface area contributed by atoms with E-state index in [1.54, 1.807) is 0 Å². The van der Waals surface area contributed by atoms with Crippen molar-refractivity contribution < 1.29 is 9.90 Å². The highest BCUT2D eigenvalue weighted by molar-refractivity contribution is 5.66. The molecule has 0 saturated heterocycles. The van der Waals surface area contributed by atoms with Crippen LogP contribution in [0.15, 0.2) is 0 Å². The van der Waals surface area contributed by atoms with Crippen LogP contribution in [0.1, 0.15) is 40.0 Å². The second-order valence-electron chi connectivity index (χ2n) is 5.59. The molecule has 3 heteroatoms. The summed E-state index contributed by atoms with van der Waals surface area (Å²) < 4.78 is 0. The number of carbonyl (C=O) groups is 1. The molecular formula is C12H25NO2. The fourth-order valence-electron chi connectivity index (χ4n) is 1.72. The fraction of sp³-hybridized carbons (Fsp3) is 0.917. The van der Waals surface area contributed by atoms with Crippen molar-refractivity contribution in [1.82, 2.24) is 4.90 Å². The zero-order valence-electron chi connectivity index (χ0n) is 10.7. The number of nitrogens with zero attached hydrogens (tertiary/aromatic N) is 1. The van der Waals surface area contributed by atoms with Crippen molar-refractivity contribution in [3.8, 4) is 0 Å². The van der Waals surface area contributed by atoms with Crippen LogP contribution < -0.4 is 0 Å². The first-order valence-corrected chi connectivity index (χ1v) is 5.60. The summed E-state index contributed by atoms with van der Waals surface area (Å²) in [5.74, 6) is -0.204. The summed E-state index contributed by atoms with van der Waals surface area (Å²) in [5.41, 5.74) is 0.200. The summed E-state index contributed by atoms with van der Waals surface area (Å²) in [6.45, 7) is 7.60. The Kier molecular flexibility index (Phi) is 5.88. The standard InChI is InChI=1S/C12H25NO2/c1-12(2,3)10(6-7-11(14)15)8-9-13(4)5/h10H,6-9H2,1-5H3,(H,14,15). The first-order valence-electron chi connectivity index (χ1n) is 5.60. The summed E-state index contributed by atoms with van der Waals surface area (Å²) in [7, 11) is 4.10. The van der Waals surface area contributed by atoms with E-state index in [9.17, 15) is 4.79 Å². The van der Waals surface area contributed by atoms with Crippen LogP contribution in [0, 0.1) is 11.3 Å². The lowest BCUT2D eigenvalue weighted by atomic mass is 9.76. The van der Waals surface area contributed by atoms with Crippen LogP contribution in [0.2, 0.25) is 0 Å². The highest BCUT2D eigenvalue weighted by Gasteiger charge is 2.24. The zero-order chi connectivity index (χ0) is 12.1. The van der Waals surface area contributed by atoms with Gasteiger partial charge in [0.05, 0.1) is 0 Å². The Morgan fingerprint density at radius 1 is 1.27 bits per heavy atom. The van der Waals surface area contributed by atoms with Crippen LogP contribution in [0.4, 0.5) is 0 Å². The van der Waals surface area contributed by atoms with E-state index < -0.39 is 5.97 Å². The van der Waals surface area contributed by atoms with Gasteiger partial charge < -0.3 is 10.0 Å². The molecule has 0 bridgehead atoms. The zero-order valence-corrected chi connectivity index (χ0v) is 10.7. The Bertz CT molecular complexity index is 194. The van der Waals surface area contributed by atoms with Gasteiger partial charge in [-0.05, 0) is 44.8 Å². The molecule has 0 amide bonds. The maximum atomic E-state index is 10.6. The lowest BCUT2D eigenvalue weighted by Gasteiger charge is -2.31. The van der Waals surface area contributed by atoms with E-state index in [4.69, 9.17) is 5.11 Å². The van der Waals surface area contributed by atoms with Crippen molar-refractivity contribution in [2.45, 2.75) is 40.0 Å². The fourth-order valence-corrected chi connectivity index (χ4v) is 1.72. The van der Waals surface area contributed by atoms with Gasteiger partial charge in [0, 0.05) is 6.42 Å². The van der Waals surface area contributed by atoms with Crippen molar-refractivity contribution >= 4 is 5.97 Å². The molecule has 0 aliphatic carbocycles. The molecule has 0 aromatic rings. The number of hydrogen-bond donors (Lipinski definition) is 1. The molecule has 0 rings (SSSR count). The summed E-state index contributed by atoms with van der Waals surface area (Å²) in [6.07, 6.45) is 2.14. The molecule has 0 aliphatic heterocycles. The van der Waals surface area contributed by atoms with E-state index in [1.807, 2.05) is 0 Å². The third-order valence-corrected chi connectivity index (χ3v) is 2.86. The van der Waals surface area contributed by atoms with E-state index in [0.717, 1.165) is 19.4 Å². The number of aliphatic carboxylic acids is 1. The Labute approximate surface area is 93.5 Å². The normalized spacial score (nSPS) is 14.3. The molecule has 0 saturated carbocycles. The molecular weight excluding hydrogens is 190 g/mol. The predicted molar refractivity (Wildman–Crippen MR) is 63.0 cm³/mol. The van der Waals surface area contributed by atoms with Crippen LogP contribution in [-0.2, 0) is 4.79 Å². The lowest BCUT2D eigenvalue weighted by Crippen LogP contribution is -2.26. The second kappa shape index (κ2) is 6.11. The summed E-state index contributed by atoms with van der Waals surface area (Å²) in [5, 5.41) is 8.70. The van der Waals surface area contributed by atoms with Crippen molar-refractivity contribution in [2.24, 2.45) is 11.3 Å². The van der Waals surface area contributed by atoms with Gasteiger partial charge in [0.2, 0.25) is 0 Å². The summed E-state index contributed by atoms with van der Waals surface area (Å²) >= 11 is 0. The average Bonchev–Trinajstić information content (AvgIpc) is 2.00. The van der Waals surface area contributed by atoms with Gasteiger partial charge in [-0.3, -0.25) is 4.79 Å². The Balaban J connectivity index is 4.14. The smallest absolute Gasteiger partial charge is 0.303 e. The quantitative estimate of drug-likeness (QED) is 0.740. The lowest BCUT2D eigenvalue weighted by molar-refractivity contribution is -0.137. The molecule has 0 heterocycles. The van der Waals surface area contributed by atoms with Gasteiger partial charge in [-0.2, -0.15) is 0 Å². The SMILES string of the molecule is CN(C)CCC(CCC(=O)O)C(C)(C)C. The average molecular weight is 215 g/mol. The largest absolute Gasteiger partial charge is 0.481 e. The summed E-state index contributed by atoms with van der Waals surface area (Å²) in [4.78, 5) is 12.7. The number of rotatable bonds is 6. The minimum Gasteiger partial charge on any atom is -0.481 e. The minimum atomic E-state index is -0.686. The Morgan fingerprint density at radius 2 is 1.80 bits per heavy atom. The molecule has 0 aliphatic rings. The van der Waals surface area contributed by atoms with Gasteiger partial charge >= 0.3 is 5.97 Å². The summed E-state index contributed by atoms with van der Waals surface area (Å²) in [6, 6.07) is 0. The highest BCUT2D eigenvalue weighted by Crippen LogP contribution is 2.32. The third kappa shape index (κ3) is 7.37. The monoisotopic (exact) mass is 215 g/mol. The van der Waals surface area contributed by atoms with Gasteiger partial charge in [0.15, 0.2) is 0 Å². The molecule has 15 heavy (non-hydrogen) atoms. The van der Waals surface area contributed by atoms with Crippen LogP contribution in [0.25, 0.3) is 0 Å². The number of carboxylic acid groups (broad SMARTS) is 1. The predicted octanol–water partition coefficient (Wildman–Crippen LogP) is 2.47. The molecule has 3 nitrogen and oxygen atoms in total. The molecule has 0 fully saturated rings. The Morgan fingerprint density at radius 3 is 2.13 bits per heavy atom. The van der Waals surface area contributed by atoms with Crippen LogP contribution in [-0.4, -0.2) is 36.6 Å². The van der Waals surface area contributed by atoms with Gasteiger partial charge in [-0.15, -0.1) is 0 Å². The molecule has 1 N–H and O–H groups in total. The maximum absolute atomic E-state index is 10.6. The maximum Gasteiger partial charge on any atom is 0.303 e. The van der Waals surface area contributed by atoms with Crippen molar-refractivity contribution in [1.29, 1.82) is 0 Å².